The molecule has 0 nitrogen and oxygen atoms in total. The predicted octanol–water partition coefficient (Wildman–Crippen LogP) is 5.13. The van der Waals surface area contributed by atoms with E-state index >= 15 is 0 Å². The van der Waals surface area contributed by atoms with E-state index in [0.29, 0.717) is 0 Å². The van der Waals surface area contributed by atoms with E-state index < -0.39 is 0 Å². The molecule has 0 spiro atoms. The Hall–Kier alpha value is -0.300. The molecule has 0 amide bonds. The molecule has 1 unspecified atom stereocenters. The predicted molar refractivity (Wildman–Crippen MR) is 66.7 cm³/mol. The van der Waals surface area contributed by atoms with Crippen molar-refractivity contribution in [2.24, 2.45) is 0 Å². The zero-order chi connectivity index (χ0) is 10.4. The first kappa shape index (κ1) is 11.8. The molecule has 0 radical (unpaired) electrons. The van der Waals surface area contributed by atoms with E-state index in [1.54, 1.807) is 0 Å². The van der Waals surface area contributed by atoms with Crippen LogP contribution in [-0.4, -0.2) is 0 Å². The van der Waals surface area contributed by atoms with Crippen LogP contribution in [0.4, 0.5) is 0 Å². The maximum absolute atomic E-state index is 3.47. The van der Waals surface area contributed by atoms with Gasteiger partial charge < -0.3 is 0 Å². The van der Waals surface area contributed by atoms with Gasteiger partial charge in [-0.05, 0) is 36.5 Å². The molecule has 0 bridgehead atoms. The van der Waals surface area contributed by atoms with Crippen LogP contribution in [0.2, 0.25) is 0 Å². The number of hydrogen-bond donors (Lipinski definition) is 0. The Balaban J connectivity index is 2.64. The summed E-state index contributed by atoms with van der Waals surface area (Å²) in [5, 5.41) is 0. The van der Waals surface area contributed by atoms with Crippen LogP contribution in [0.3, 0.4) is 0 Å². The second kappa shape index (κ2) is 6.23. The molecule has 0 fully saturated rings. The fraction of sp³-hybridized carbons (Fsp3) is 0.538. The molecule has 1 aromatic rings. The molecule has 0 N–H and O–H groups in total. The van der Waals surface area contributed by atoms with Gasteiger partial charge in [0, 0.05) is 4.47 Å². The molecule has 0 aliphatic carbocycles. The first-order valence-corrected chi connectivity index (χ1v) is 6.32. The van der Waals surface area contributed by atoms with E-state index in [2.05, 4.69) is 54.0 Å². The molecular weight excluding hydrogens is 236 g/mol. The topological polar surface area (TPSA) is 0 Å². The minimum Gasteiger partial charge on any atom is -0.0654 e. The standard InChI is InChI=1S/C13H19Br/c1-3-5-6-11(4-2)12-7-9-13(14)10-8-12/h7-11H,3-6H2,1-2H3. The Kier molecular flexibility index (Phi) is 5.24. The summed E-state index contributed by atoms with van der Waals surface area (Å²) in [7, 11) is 0. The van der Waals surface area contributed by atoms with Gasteiger partial charge in [0.15, 0.2) is 0 Å². The minimum atomic E-state index is 0.753. The van der Waals surface area contributed by atoms with Gasteiger partial charge in [0.25, 0.3) is 0 Å². The van der Waals surface area contributed by atoms with Crippen LogP contribution in [0.25, 0.3) is 0 Å². The lowest BCUT2D eigenvalue weighted by Crippen LogP contribution is -1.96. The molecule has 0 heterocycles. The number of unbranched alkanes of at least 4 members (excludes halogenated alkanes) is 1. The van der Waals surface area contributed by atoms with E-state index in [1.165, 1.54) is 35.7 Å². The number of halogens is 1. The van der Waals surface area contributed by atoms with Crippen molar-refractivity contribution in [3.8, 4) is 0 Å². The molecule has 1 atom stereocenters. The van der Waals surface area contributed by atoms with Gasteiger partial charge in [0.1, 0.15) is 0 Å². The summed E-state index contributed by atoms with van der Waals surface area (Å²) in [6, 6.07) is 8.77. The highest BCUT2D eigenvalue weighted by Gasteiger charge is 2.07. The molecule has 78 valence electrons. The second-order valence-electron chi connectivity index (χ2n) is 3.80. The average Bonchev–Trinajstić information content (AvgIpc) is 2.21. The third-order valence-electron chi connectivity index (χ3n) is 2.74. The normalized spacial score (nSPS) is 12.8. The molecule has 0 aromatic heterocycles. The van der Waals surface area contributed by atoms with Crippen molar-refractivity contribution in [1.29, 1.82) is 0 Å². The van der Waals surface area contributed by atoms with Gasteiger partial charge in [-0.2, -0.15) is 0 Å². The van der Waals surface area contributed by atoms with Crippen molar-refractivity contribution < 1.29 is 0 Å². The third kappa shape index (κ3) is 3.45. The van der Waals surface area contributed by atoms with Crippen LogP contribution in [0.5, 0.6) is 0 Å². The maximum Gasteiger partial charge on any atom is 0.0175 e. The molecule has 1 heteroatoms. The monoisotopic (exact) mass is 254 g/mol. The largest absolute Gasteiger partial charge is 0.0654 e. The van der Waals surface area contributed by atoms with Crippen molar-refractivity contribution in [2.75, 3.05) is 0 Å². The van der Waals surface area contributed by atoms with Crippen molar-refractivity contribution in [3.63, 3.8) is 0 Å². The number of rotatable bonds is 5. The Morgan fingerprint density at radius 2 is 1.79 bits per heavy atom. The molecule has 0 aliphatic heterocycles. The molecule has 0 aliphatic rings. The zero-order valence-corrected chi connectivity index (χ0v) is 10.7. The van der Waals surface area contributed by atoms with Crippen molar-refractivity contribution in [3.05, 3.63) is 34.3 Å². The van der Waals surface area contributed by atoms with E-state index in [-0.39, 0.29) is 0 Å². The maximum atomic E-state index is 3.47. The van der Waals surface area contributed by atoms with Crippen LogP contribution < -0.4 is 0 Å². The Labute approximate surface area is 95.9 Å². The first-order valence-electron chi connectivity index (χ1n) is 5.53. The molecule has 0 saturated carbocycles. The summed E-state index contributed by atoms with van der Waals surface area (Å²) in [6.07, 6.45) is 5.22. The van der Waals surface area contributed by atoms with E-state index in [9.17, 15) is 0 Å². The van der Waals surface area contributed by atoms with Gasteiger partial charge in [0.2, 0.25) is 0 Å². The minimum absolute atomic E-state index is 0.753. The zero-order valence-electron chi connectivity index (χ0n) is 9.09. The smallest absolute Gasteiger partial charge is 0.0175 e. The van der Waals surface area contributed by atoms with E-state index in [0.717, 1.165) is 5.92 Å². The molecule has 1 rings (SSSR count). The molecular formula is C13H19Br. The lowest BCUT2D eigenvalue weighted by molar-refractivity contribution is 0.570. The lowest BCUT2D eigenvalue weighted by atomic mass is 9.91. The summed E-state index contributed by atoms with van der Waals surface area (Å²) >= 11 is 3.47. The van der Waals surface area contributed by atoms with Gasteiger partial charge in [-0.1, -0.05) is 54.8 Å². The summed E-state index contributed by atoms with van der Waals surface area (Å²) in [5.41, 5.74) is 1.49. The van der Waals surface area contributed by atoms with Gasteiger partial charge in [-0.15, -0.1) is 0 Å². The number of hydrogen-bond acceptors (Lipinski definition) is 0. The van der Waals surface area contributed by atoms with E-state index in [1.807, 2.05) is 0 Å². The van der Waals surface area contributed by atoms with Gasteiger partial charge >= 0.3 is 0 Å². The van der Waals surface area contributed by atoms with Crippen LogP contribution in [0, 0.1) is 0 Å². The fourth-order valence-corrected chi connectivity index (χ4v) is 2.06. The molecule has 14 heavy (non-hydrogen) atoms. The Morgan fingerprint density at radius 1 is 1.14 bits per heavy atom. The van der Waals surface area contributed by atoms with Crippen LogP contribution in [0.15, 0.2) is 28.7 Å². The molecule has 1 aromatic carbocycles. The highest BCUT2D eigenvalue weighted by molar-refractivity contribution is 9.10. The lowest BCUT2D eigenvalue weighted by Gasteiger charge is -2.14. The average molecular weight is 255 g/mol. The third-order valence-corrected chi connectivity index (χ3v) is 3.27. The second-order valence-corrected chi connectivity index (χ2v) is 4.71. The quantitative estimate of drug-likeness (QED) is 0.683. The Bertz CT molecular complexity index is 250. The first-order chi connectivity index (χ1) is 6.77. The van der Waals surface area contributed by atoms with Crippen LogP contribution in [-0.2, 0) is 0 Å². The van der Waals surface area contributed by atoms with Crippen molar-refractivity contribution in [1.82, 2.24) is 0 Å². The van der Waals surface area contributed by atoms with Crippen LogP contribution in [0.1, 0.15) is 51.0 Å². The van der Waals surface area contributed by atoms with Gasteiger partial charge in [0.05, 0.1) is 0 Å². The SMILES string of the molecule is CCCCC(CC)c1ccc(Br)cc1. The fourth-order valence-electron chi connectivity index (χ4n) is 1.79. The Morgan fingerprint density at radius 3 is 2.29 bits per heavy atom. The van der Waals surface area contributed by atoms with Crippen molar-refractivity contribution >= 4 is 15.9 Å². The summed E-state index contributed by atoms with van der Waals surface area (Å²) in [5.74, 6) is 0.753. The summed E-state index contributed by atoms with van der Waals surface area (Å²) < 4.78 is 1.17. The summed E-state index contributed by atoms with van der Waals surface area (Å²) in [4.78, 5) is 0. The van der Waals surface area contributed by atoms with Crippen molar-refractivity contribution in [2.45, 2.75) is 45.4 Å². The highest BCUT2D eigenvalue weighted by atomic mass is 79.9. The van der Waals surface area contributed by atoms with Crippen LogP contribution >= 0.6 is 15.9 Å². The molecule has 0 saturated heterocycles. The van der Waals surface area contributed by atoms with E-state index in [4.69, 9.17) is 0 Å². The summed E-state index contributed by atoms with van der Waals surface area (Å²) in [6.45, 7) is 4.54. The number of benzene rings is 1. The van der Waals surface area contributed by atoms with Gasteiger partial charge in [-0.25, -0.2) is 0 Å². The van der Waals surface area contributed by atoms with Gasteiger partial charge in [-0.3, -0.25) is 0 Å². The highest BCUT2D eigenvalue weighted by Crippen LogP contribution is 2.26.